The van der Waals surface area contributed by atoms with Crippen molar-refractivity contribution in [3.05, 3.63) is 33.9 Å². The van der Waals surface area contributed by atoms with Crippen LogP contribution in [-0.2, 0) is 4.79 Å². The molecule has 0 aliphatic carbocycles. The van der Waals surface area contributed by atoms with E-state index < -0.39 is 0 Å². The number of nitrogens with zero attached hydrogens (tertiary/aromatic N) is 3. The molecule has 0 radical (unpaired) electrons. The second kappa shape index (κ2) is 6.19. The number of piperazine rings is 1. The highest BCUT2D eigenvalue weighted by molar-refractivity contribution is 7.15. The van der Waals surface area contributed by atoms with Gasteiger partial charge in [-0.05, 0) is 26.0 Å². The zero-order chi connectivity index (χ0) is 17.6. The van der Waals surface area contributed by atoms with E-state index in [4.69, 9.17) is 16.0 Å². The Morgan fingerprint density at radius 2 is 2.32 bits per heavy atom. The summed E-state index contributed by atoms with van der Waals surface area (Å²) in [7, 11) is 0. The molecule has 0 bridgehead atoms. The van der Waals surface area contributed by atoms with E-state index in [1.807, 2.05) is 37.0 Å². The highest BCUT2D eigenvalue weighted by Crippen LogP contribution is 2.36. The predicted molar refractivity (Wildman–Crippen MR) is 98.9 cm³/mol. The van der Waals surface area contributed by atoms with Gasteiger partial charge in [-0.3, -0.25) is 0 Å². The molecule has 6 nitrogen and oxygen atoms in total. The second-order valence-electron chi connectivity index (χ2n) is 5.89. The van der Waals surface area contributed by atoms with E-state index in [0.717, 1.165) is 15.4 Å². The molecular formula is C17H15ClN4O2S. The molecule has 3 aromatic rings. The van der Waals surface area contributed by atoms with Gasteiger partial charge in [0.25, 0.3) is 6.01 Å². The number of hydrogen-bond donors (Lipinski definition) is 1. The van der Waals surface area contributed by atoms with Gasteiger partial charge in [-0.1, -0.05) is 11.6 Å². The molecule has 1 aromatic carbocycles. The van der Waals surface area contributed by atoms with E-state index in [1.165, 1.54) is 0 Å². The van der Waals surface area contributed by atoms with Crippen molar-refractivity contribution in [1.82, 2.24) is 15.3 Å². The molecule has 0 saturated carbocycles. The van der Waals surface area contributed by atoms with Crippen molar-refractivity contribution in [1.29, 1.82) is 0 Å². The number of aryl methyl sites for hydroxylation is 1. The third-order valence-corrected chi connectivity index (χ3v) is 5.37. The number of rotatable bonds is 2. The summed E-state index contributed by atoms with van der Waals surface area (Å²) in [5.41, 5.74) is 2.65. The lowest BCUT2D eigenvalue weighted by molar-refractivity contribution is 0.496. The summed E-state index contributed by atoms with van der Waals surface area (Å²) in [6.07, 6.45) is 1.82. The van der Waals surface area contributed by atoms with Crippen LogP contribution in [0, 0.1) is 6.92 Å². The molecule has 25 heavy (non-hydrogen) atoms. The monoisotopic (exact) mass is 374 g/mol. The second-order valence-corrected chi connectivity index (χ2v) is 7.56. The Morgan fingerprint density at radius 3 is 3.04 bits per heavy atom. The van der Waals surface area contributed by atoms with Gasteiger partial charge in [-0.15, -0.1) is 11.3 Å². The summed E-state index contributed by atoms with van der Waals surface area (Å²) in [6.45, 7) is 5.23. The van der Waals surface area contributed by atoms with Crippen LogP contribution in [0.15, 0.2) is 28.4 Å². The largest absolute Gasteiger partial charge is 0.423 e. The first kappa shape index (κ1) is 16.1. The van der Waals surface area contributed by atoms with Crippen LogP contribution in [-0.4, -0.2) is 35.0 Å². The topological polar surface area (TPSA) is 71.3 Å². The molecule has 3 heterocycles. The lowest BCUT2D eigenvalue weighted by atomic mass is 10.2. The Hall–Kier alpha value is -2.34. The summed E-state index contributed by atoms with van der Waals surface area (Å²) < 4.78 is 6.07. The van der Waals surface area contributed by atoms with Crippen LogP contribution in [0.1, 0.15) is 11.8 Å². The Kier molecular flexibility index (Phi) is 4.00. The van der Waals surface area contributed by atoms with Crippen molar-refractivity contribution < 1.29 is 9.21 Å². The number of fused-ring (bicyclic) bond motifs is 1. The van der Waals surface area contributed by atoms with Crippen molar-refractivity contribution in [3.63, 3.8) is 0 Å². The van der Waals surface area contributed by atoms with Crippen molar-refractivity contribution in [2.45, 2.75) is 19.9 Å². The number of oxazole rings is 1. The minimum Gasteiger partial charge on any atom is -0.423 e. The molecule has 1 fully saturated rings. The smallest absolute Gasteiger partial charge is 0.299 e. The standard InChI is InChI=1S/C17H15ClN4O2S/c1-9-7-20-16(25-9)12-5-11(18)6-13-15(12)24-17(21-13)22-4-3-19-14(8-23)10(22)2/h5-7,10,19H,3-4H2,1-2H3. The Labute approximate surface area is 153 Å². The molecule has 2 aromatic heterocycles. The lowest BCUT2D eigenvalue weighted by Gasteiger charge is -2.33. The van der Waals surface area contributed by atoms with Gasteiger partial charge in [0.15, 0.2) is 5.58 Å². The third-order valence-electron chi connectivity index (χ3n) is 4.20. The van der Waals surface area contributed by atoms with Gasteiger partial charge < -0.3 is 14.6 Å². The van der Waals surface area contributed by atoms with Gasteiger partial charge in [0.05, 0.1) is 11.6 Å². The van der Waals surface area contributed by atoms with Crippen molar-refractivity contribution in [2.24, 2.45) is 0 Å². The molecule has 1 unspecified atom stereocenters. The minimum absolute atomic E-state index is 0.180. The molecule has 1 aliphatic rings. The van der Waals surface area contributed by atoms with Crippen molar-refractivity contribution in [3.8, 4) is 10.6 Å². The van der Waals surface area contributed by atoms with Crippen LogP contribution >= 0.6 is 22.9 Å². The lowest BCUT2D eigenvalue weighted by Crippen LogP contribution is -2.48. The van der Waals surface area contributed by atoms with Crippen molar-refractivity contribution >= 4 is 46.0 Å². The number of aromatic nitrogens is 2. The van der Waals surface area contributed by atoms with Crippen LogP contribution < -0.4 is 10.2 Å². The first-order valence-corrected chi connectivity index (χ1v) is 9.04. The van der Waals surface area contributed by atoms with E-state index in [1.54, 1.807) is 17.4 Å². The number of halogens is 1. The molecule has 4 rings (SSSR count). The number of hydrogen-bond acceptors (Lipinski definition) is 7. The minimum atomic E-state index is -0.180. The average Bonchev–Trinajstić information content (AvgIpc) is 3.20. The SMILES string of the molecule is Cc1cnc(-c2cc(Cl)cc3nc(N4CCNC(=C=O)C4C)oc23)s1. The zero-order valence-electron chi connectivity index (χ0n) is 13.7. The first-order valence-electron chi connectivity index (χ1n) is 7.85. The van der Waals surface area contributed by atoms with Gasteiger partial charge in [0, 0.05) is 29.2 Å². The third kappa shape index (κ3) is 2.80. The maximum absolute atomic E-state index is 11.1. The average molecular weight is 375 g/mol. The summed E-state index contributed by atoms with van der Waals surface area (Å²) in [5, 5.41) is 4.48. The predicted octanol–water partition coefficient (Wildman–Crippen LogP) is 3.43. The van der Waals surface area contributed by atoms with Crippen LogP contribution in [0.4, 0.5) is 6.01 Å². The van der Waals surface area contributed by atoms with Crippen LogP contribution in [0.25, 0.3) is 21.7 Å². The molecule has 1 atom stereocenters. The normalized spacial score (nSPS) is 17.6. The van der Waals surface area contributed by atoms with E-state index in [0.29, 0.717) is 40.9 Å². The molecule has 8 heteroatoms. The maximum Gasteiger partial charge on any atom is 0.299 e. The number of carbonyl (C=O) groups excluding carboxylic acids is 1. The molecule has 1 saturated heterocycles. The fourth-order valence-corrected chi connectivity index (χ4v) is 3.93. The Balaban J connectivity index is 1.84. The van der Waals surface area contributed by atoms with E-state index in [9.17, 15) is 4.79 Å². The molecule has 0 amide bonds. The number of nitrogens with one attached hydrogen (secondary N) is 1. The number of benzene rings is 1. The maximum atomic E-state index is 11.1. The van der Waals surface area contributed by atoms with Gasteiger partial charge in [0.1, 0.15) is 22.2 Å². The molecule has 128 valence electrons. The number of anilines is 1. The molecule has 0 spiro atoms. The van der Waals surface area contributed by atoms with Crippen molar-refractivity contribution in [2.75, 3.05) is 18.0 Å². The fraction of sp³-hybridized carbons (Fsp3) is 0.294. The highest BCUT2D eigenvalue weighted by Gasteiger charge is 2.28. The van der Waals surface area contributed by atoms with Gasteiger partial charge in [0.2, 0.25) is 0 Å². The van der Waals surface area contributed by atoms with Crippen LogP contribution in [0.2, 0.25) is 5.02 Å². The molecule has 1 N–H and O–H groups in total. The summed E-state index contributed by atoms with van der Waals surface area (Å²) in [5.74, 6) is 1.95. The highest BCUT2D eigenvalue weighted by atomic mass is 35.5. The number of thiazole rings is 1. The van der Waals surface area contributed by atoms with E-state index in [2.05, 4.69) is 15.3 Å². The molecule has 1 aliphatic heterocycles. The van der Waals surface area contributed by atoms with Gasteiger partial charge >= 0.3 is 0 Å². The fourth-order valence-electron chi connectivity index (χ4n) is 2.94. The zero-order valence-corrected chi connectivity index (χ0v) is 15.2. The first-order chi connectivity index (χ1) is 12.1. The van der Waals surface area contributed by atoms with Crippen LogP contribution in [0.3, 0.4) is 0 Å². The Morgan fingerprint density at radius 1 is 1.48 bits per heavy atom. The summed E-state index contributed by atoms with van der Waals surface area (Å²) in [6, 6.07) is 3.90. The van der Waals surface area contributed by atoms with Gasteiger partial charge in [-0.2, -0.15) is 4.98 Å². The van der Waals surface area contributed by atoms with E-state index >= 15 is 0 Å². The summed E-state index contributed by atoms with van der Waals surface area (Å²) >= 11 is 7.84. The molecular weight excluding hydrogens is 360 g/mol. The van der Waals surface area contributed by atoms with E-state index in [-0.39, 0.29) is 6.04 Å². The van der Waals surface area contributed by atoms with Gasteiger partial charge in [-0.25, -0.2) is 9.78 Å². The quantitative estimate of drug-likeness (QED) is 0.693. The summed E-state index contributed by atoms with van der Waals surface area (Å²) in [4.78, 5) is 23.2. The van der Waals surface area contributed by atoms with Crippen LogP contribution in [0.5, 0.6) is 0 Å². The Bertz CT molecular complexity index is 1010.